The van der Waals surface area contributed by atoms with E-state index in [0.717, 1.165) is 12.8 Å². The Bertz CT molecular complexity index is 447. The lowest BCUT2D eigenvalue weighted by Crippen LogP contribution is -2.55. The van der Waals surface area contributed by atoms with Gasteiger partial charge in [-0.2, -0.15) is 0 Å². The van der Waals surface area contributed by atoms with E-state index in [4.69, 9.17) is 5.73 Å². The lowest BCUT2D eigenvalue weighted by molar-refractivity contribution is -0.124. The van der Waals surface area contributed by atoms with Crippen LogP contribution in [0.2, 0.25) is 0 Å². The van der Waals surface area contributed by atoms with Crippen molar-refractivity contribution in [2.75, 3.05) is 18.6 Å². The van der Waals surface area contributed by atoms with Crippen LogP contribution in [0.5, 0.6) is 0 Å². The molecule has 1 aliphatic carbocycles. The van der Waals surface area contributed by atoms with Crippen LogP contribution >= 0.6 is 12.4 Å². The molecule has 5 nitrogen and oxygen atoms in total. The molecule has 0 bridgehead atoms. The van der Waals surface area contributed by atoms with Crippen molar-refractivity contribution in [1.29, 1.82) is 0 Å². The second kappa shape index (κ2) is 6.62. The quantitative estimate of drug-likeness (QED) is 0.733. The summed E-state index contributed by atoms with van der Waals surface area (Å²) < 4.78 is 22.7. The molecule has 1 rings (SSSR count). The van der Waals surface area contributed by atoms with E-state index in [9.17, 15) is 13.2 Å². The Hall–Kier alpha value is -0.330. The molecule has 0 aliphatic heterocycles. The lowest BCUT2D eigenvalue weighted by Gasteiger charge is -2.34. The molecule has 3 N–H and O–H groups in total. The fraction of sp³-hybridized carbons (Fsp3) is 0.923. The number of rotatable bonds is 7. The first-order valence-corrected chi connectivity index (χ1v) is 8.77. The number of amides is 1. The zero-order chi connectivity index (χ0) is 14.9. The third-order valence-corrected chi connectivity index (χ3v) is 5.32. The van der Waals surface area contributed by atoms with Crippen molar-refractivity contribution < 1.29 is 13.2 Å². The van der Waals surface area contributed by atoms with Crippen molar-refractivity contribution in [3.05, 3.63) is 0 Å². The summed E-state index contributed by atoms with van der Waals surface area (Å²) in [4.78, 5) is 12.1. The van der Waals surface area contributed by atoms with E-state index in [-0.39, 0.29) is 41.8 Å². The minimum Gasteiger partial charge on any atom is -0.349 e. The summed E-state index contributed by atoms with van der Waals surface area (Å²) in [6.45, 7) is 6.31. The van der Waals surface area contributed by atoms with Crippen molar-refractivity contribution in [1.82, 2.24) is 5.32 Å². The average Bonchev–Trinajstić information content (AvgIpc) is 2.93. The molecule has 0 aromatic carbocycles. The van der Waals surface area contributed by atoms with Crippen LogP contribution in [0.3, 0.4) is 0 Å². The summed E-state index contributed by atoms with van der Waals surface area (Å²) in [5, 5.41) is 2.97. The SMILES string of the molecule is CC(C)C(C)(CN)NC(=O)CC1(CS(C)(=O)=O)CC1.Cl. The molecule has 20 heavy (non-hydrogen) atoms. The summed E-state index contributed by atoms with van der Waals surface area (Å²) in [6, 6.07) is 0. The molecule has 7 heteroatoms. The Morgan fingerprint density at radius 2 is 1.90 bits per heavy atom. The number of carbonyl (C=O) groups is 1. The molecule has 0 saturated heterocycles. The van der Waals surface area contributed by atoms with Gasteiger partial charge in [-0.1, -0.05) is 13.8 Å². The smallest absolute Gasteiger partial charge is 0.221 e. The summed E-state index contributed by atoms with van der Waals surface area (Å²) in [5.74, 6) is 0.239. The van der Waals surface area contributed by atoms with Gasteiger partial charge in [0.2, 0.25) is 5.91 Å². The first-order valence-electron chi connectivity index (χ1n) is 6.71. The van der Waals surface area contributed by atoms with Crippen LogP contribution in [-0.2, 0) is 14.6 Å². The van der Waals surface area contributed by atoms with Gasteiger partial charge in [0.25, 0.3) is 0 Å². The normalized spacial score (nSPS) is 19.9. The topological polar surface area (TPSA) is 89.3 Å². The average molecular weight is 327 g/mol. The monoisotopic (exact) mass is 326 g/mol. The standard InChI is InChI=1S/C13H26N2O3S.ClH/c1-10(2)12(3,8-14)15-11(16)7-13(5-6-13)9-19(4,17)18;/h10H,5-9,14H2,1-4H3,(H,15,16);1H. The van der Waals surface area contributed by atoms with Crippen LogP contribution in [0.15, 0.2) is 0 Å². The van der Waals surface area contributed by atoms with E-state index < -0.39 is 15.4 Å². The van der Waals surface area contributed by atoms with Gasteiger partial charge in [-0.25, -0.2) is 8.42 Å². The molecule has 1 saturated carbocycles. The molecule has 0 radical (unpaired) electrons. The Kier molecular flexibility index (Phi) is 6.51. The maximum Gasteiger partial charge on any atom is 0.221 e. The second-order valence-electron chi connectivity index (χ2n) is 6.57. The van der Waals surface area contributed by atoms with Gasteiger partial charge in [0.05, 0.1) is 11.3 Å². The van der Waals surface area contributed by atoms with Crippen molar-refractivity contribution in [2.24, 2.45) is 17.1 Å². The number of carbonyl (C=O) groups excluding carboxylic acids is 1. The number of nitrogens with one attached hydrogen (secondary N) is 1. The third kappa shape index (κ3) is 5.58. The van der Waals surface area contributed by atoms with E-state index in [1.807, 2.05) is 20.8 Å². The Balaban J connectivity index is 0.00000361. The number of hydrogen-bond donors (Lipinski definition) is 2. The maximum atomic E-state index is 12.1. The zero-order valence-electron chi connectivity index (χ0n) is 12.7. The van der Waals surface area contributed by atoms with E-state index >= 15 is 0 Å². The minimum atomic E-state index is -3.04. The van der Waals surface area contributed by atoms with E-state index in [1.165, 1.54) is 6.26 Å². The highest BCUT2D eigenvalue weighted by Crippen LogP contribution is 2.49. The summed E-state index contributed by atoms with van der Waals surface area (Å²) in [5.41, 5.74) is 4.97. The first kappa shape index (κ1) is 19.7. The number of hydrogen-bond acceptors (Lipinski definition) is 4. The fourth-order valence-electron chi connectivity index (χ4n) is 2.24. The summed E-state index contributed by atoms with van der Waals surface area (Å²) in [7, 11) is -3.04. The van der Waals surface area contributed by atoms with Crippen LogP contribution in [0.1, 0.15) is 40.0 Å². The molecular weight excluding hydrogens is 300 g/mol. The van der Waals surface area contributed by atoms with Crippen LogP contribution in [0, 0.1) is 11.3 Å². The fourth-order valence-corrected chi connectivity index (χ4v) is 3.74. The molecule has 1 aliphatic rings. The predicted octanol–water partition coefficient (Wildman–Crippen LogP) is 1.11. The van der Waals surface area contributed by atoms with Crippen molar-refractivity contribution in [2.45, 2.75) is 45.6 Å². The van der Waals surface area contributed by atoms with Crippen molar-refractivity contribution >= 4 is 28.2 Å². The zero-order valence-corrected chi connectivity index (χ0v) is 14.4. The van der Waals surface area contributed by atoms with Crippen LogP contribution < -0.4 is 11.1 Å². The highest BCUT2D eigenvalue weighted by molar-refractivity contribution is 7.90. The first-order chi connectivity index (χ1) is 8.52. The van der Waals surface area contributed by atoms with Gasteiger partial charge in [-0.15, -0.1) is 12.4 Å². The third-order valence-electron chi connectivity index (χ3n) is 4.18. The minimum absolute atomic E-state index is 0. The molecule has 0 heterocycles. The van der Waals surface area contributed by atoms with Gasteiger partial charge >= 0.3 is 0 Å². The molecule has 1 atom stereocenters. The maximum absolute atomic E-state index is 12.1. The Morgan fingerprint density at radius 3 is 2.20 bits per heavy atom. The highest BCUT2D eigenvalue weighted by atomic mass is 35.5. The number of halogens is 1. The molecular formula is C13H27ClN2O3S. The van der Waals surface area contributed by atoms with Crippen LogP contribution in [0.4, 0.5) is 0 Å². The Morgan fingerprint density at radius 1 is 1.40 bits per heavy atom. The van der Waals surface area contributed by atoms with E-state index in [0.29, 0.717) is 6.54 Å². The molecule has 1 fully saturated rings. The molecule has 0 aromatic heterocycles. The van der Waals surface area contributed by atoms with Gasteiger partial charge in [0.1, 0.15) is 9.84 Å². The number of sulfone groups is 1. The molecule has 0 aromatic rings. The molecule has 120 valence electrons. The van der Waals surface area contributed by atoms with Gasteiger partial charge in [-0.05, 0) is 31.1 Å². The van der Waals surface area contributed by atoms with Crippen molar-refractivity contribution in [3.8, 4) is 0 Å². The lowest BCUT2D eigenvalue weighted by atomic mass is 9.88. The van der Waals surface area contributed by atoms with Crippen LogP contribution in [0.25, 0.3) is 0 Å². The van der Waals surface area contributed by atoms with Crippen molar-refractivity contribution in [3.63, 3.8) is 0 Å². The van der Waals surface area contributed by atoms with Gasteiger partial charge in [-0.3, -0.25) is 4.79 Å². The van der Waals surface area contributed by atoms with Gasteiger partial charge in [0, 0.05) is 19.2 Å². The molecule has 0 spiro atoms. The van der Waals surface area contributed by atoms with Gasteiger partial charge < -0.3 is 11.1 Å². The molecule has 1 amide bonds. The van der Waals surface area contributed by atoms with E-state index in [2.05, 4.69) is 5.32 Å². The number of nitrogens with two attached hydrogens (primary N) is 1. The highest BCUT2D eigenvalue weighted by Gasteiger charge is 2.47. The largest absolute Gasteiger partial charge is 0.349 e. The predicted molar refractivity (Wildman–Crippen MR) is 83.7 cm³/mol. The summed E-state index contributed by atoms with van der Waals surface area (Å²) in [6.07, 6.45) is 3.13. The van der Waals surface area contributed by atoms with E-state index in [1.54, 1.807) is 0 Å². The second-order valence-corrected chi connectivity index (χ2v) is 8.71. The van der Waals surface area contributed by atoms with Gasteiger partial charge in [0.15, 0.2) is 0 Å². The molecule has 1 unspecified atom stereocenters. The summed E-state index contributed by atoms with van der Waals surface area (Å²) >= 11 is 0. The van der Waals surface area contributed by atoms with Crippen LogP contribution in [-0.4, -0.2) is 38.4 Å². The Labute approximate surface area is 128 Å².